The summed E-state index contributed by atoms with van der Waals surface area (Å²) in [6.45, 7) is -0.0102. The molecule has 146 valence electrons. The van der Waals surface area contributed by atoms with Gasteiger partial charge in [-0.15, -0.1) is 6.42 Å². The number of carbonyl (C=O) groups excluding carboxylic acids is 3. The molecule has 1 aliphatic heterocycles. The zero-order valence-electron chi connectivity index (χ0n) is 14.5. The van der Waals surface area contributed by atoms with Crippen LogP contribution in [0.4, 0.5) is 10.5 Å². The van der Waals surface area contributed by atoms with E-state index in [0.717, 1.165) is 4.90 Å². The molecule has 0 bridgehead atoms. The van der Waals surface area contributed by atoms with E-state index in [1.54, 1.807) is 24.3 Å². The number of barbiturate groups is 1. The third kappa shape index (κ3) is 4.53. The molecule has 9 heteroatoms. The molecular formula is C20H11Br2ClN2O4. The Kier molecular flexibility index (Phi) is 6.42. The van der Waals surface area contributed by atoms with Gasteiger partial charge in [0.2, 0.25) is 0 Å². The number of rotatable bonds is 4. The van der Waals surface area contributed by atoms with E-state index in [9.17, 15) is 14.4 Å². The number of carbonyl (C=O) groups is 3. The highest BCUT2D eigenvalue weighted by atomic mass is 79.9. The maximum absolute atomic E-state index is 13.0. The fraction of sp³-hybridized carbons (Fsp3) is 0.0500. The van der Waals surface area contributed by atoms with Crippen molar-refractivity contribution < 1.29 is 19.1 Å². The number of nitrogens with one attached hydrogen (secondary N) is 1. The normalized spacial score (nSPS) is 15.3. The molecule has 4 amide bonds. The predicted octanol–water partition coefficient (Wildman–Crippen LogP) is 4.54. The number of imide groups is 2. The zero-order valence-corrected chi connectivity index (χ0v) is 18.5. The van der Waals surface area contributed by atoms with Crippen LogP contribution in [0.1, 0.15) is 5.56 Å². The Hall–Kier alpha value is -2.60. The maximum atomic E-state index is 13.0. The average Bonchev–Trinajstić information content (AvgIpc) is 2.64. The average molecular weight is 539 g/mol. The molecule has 0 saturated carbocycles. The Balaban J connectivity index is 2.09. The van der Waals surface area contributed by atoms with Crippen LogP contribution in [0.2, 0.25) is 5.02 Å². The number of hydrogen-bond acceptors (Lipinski definition) is 4. The van der Waals surface area contributed by atoms with E-state index in [2.05, 4.69) is 43.1 Å². The lowest BCUT2D eigenvalue weighted by molar-refractivity contribution is -0.122. The van der Waals surface area contributed by atoms with Gasteiger partial charge in [0.05, 0.1) is 10.2 Å². The van der Waals surface area contributed by atoms with E-state index < -0.39 is 17.8 Å². The van der Waals surface area contributed by atoms with E-state index in [1.807, 2.05) is 0 Å². The van der Waals surface area contributed by atoms with E-state index >= 15 is 0 Å². The highest BCUT2D eigenvalue weighted by Crippen LogP contribution is 2.35. The summed E-state index contributed by atoms with van der Waals surface area (Å²) in [5, 5.41) is 2.50. The van der Waals surface area contributed by atoms with Crippen molar-refractivity contribution in [2.24, 2.45) is 0 Å². The molecule has 3 rings (SSSR count). The quantitative estimate of drug-likeness (QED) is 0.352. The number of ether oxygens (including phenoxy) is 1. The summed E-state index contributed by atoms with van der Waals surface area (Å²) >= 11 is 12.7. The summed E-state index contributed by atoms with van der Waals surface area (Å²) < 4.78 is 6.79. The number of halogens is 3. The minimum absolute atomic E-state index is 0.0102. The third-order valence-corrected chi connectivity index (χ3v) is 5.09. The smallest absolute Gasteiger partial charge is 0.335 e. The van der Waals surface area contributed by atoms with Gasteiger partial charge in [0.1, 0.15) is 17.9 Å². The minimum Gasteiger partial charge on any atom is -0.479 e. The summed E-state index contributed by atoms with van der Waals surface area (Å²) in [5.74, 6) is 1.10. The van der Waals surface area contributed by atoms with Crippen molar-refractivity contribution in [2.75, 3.05) is 11.5 Å². The summed E-state index contributed by atoms with van der Waals surface area (Å²) in [4.78, 5) is 38.5. The van der Waals surface area contributed by atoms with Crippen LogP contribution in [0, 0.1) is 12.3 Å². The first-order chi connectivity index (χ1) is 13.8. The molecule has 1 heterocycles. The van der Waals surface area contributed by atoms with Gasteiger partial charge in [-0.2, -0.15) is 0 Å². The number of urea groups is 1. The summed E-state index contributed by atoms with van der Waals surface area (Å²) in [7, 11) is 0. The highest BCUT2D eigenvalue weighted by molar-refractivity contribution is 9.11. The Morgan fingerprint density at radius 3 is 2.66 bits per heavy atom. The van der Waals surface area contributed by atoms with Gasteiger partial charge >= 0.3 is 6.03 Å². The molecule has 2 aromatic carbocycles. The SMILES string of the molecule is C#CCOc1c(Br)cc(Br)cc1/C=C1\C(=O)NC(=O)N(c2cccc(Cl)c2)C1=O. The molecule has 1 fully saturated rings. The molecule has 0 unspecified atom stereocenters. The summed E-state index contributed by atoms with van der Waals surface area (Å²) in [5.41, 5.74) is 0.401. The standard InChI is InChI=1S/C20H11Br2ClN2O4/c1-2-6-29-17-11(7-12(21)9-16(17)22)8-15-18(26)24-20(28)25(19(15)27)14-5-3-4-13(23)10-14/h1,3-5,7-10H,6H2,(H,24,26,28)/b15-8+. The van der Waals surface area contributed by atoms with E-state index in [-0.39, 0.29) is 17.9 Å². The topological polar surface area (TPSA) is 75.7 Å². The first kappa shape index (κ1) is 21.1. The molecule has 1 aliphatic rings. The largest absolute Gasteiger partial charge is 0.479 e. The Labute approximate surface area is 188 Å². The second-order valence-electron chi connectivity index (χ2n) is 5.74. The van der Waals surface area contributed by atoms with Gasteiger partial charge in [0, 0.05) is 15.1 Å². The van der Waals surface area contributed by atoms with Gasteiger partial charge in [0.15, 0.2) is 0 Å². The molecule has 1 saturated heterocycles. The number of amides is 4. The van der Waals surface area contributed by atoms with Gasteiger partial charge < -0.3 is 4.74 Å². The van der Waals surface area contributed by atoms with Gasteiger partial charge in [-0.3, -0.25) is 14.9 Å². The van der Waals surface area contributed by atoms with Crippen LogP contribution in [0.5, 0.6) is 5.75 Å². The van der Waals surface area contributed by atoms with E-state index in [1.165, 1.54) is 18.2 Å². The van der Waals surface area contributed by atoms with Crippen molar-refractivity contribution in [2.45, 2.75) is 0 Å². The van der Waals surface area contributed by atoms with Gasteiger partial charge in [-0.1, -0.05) is 39.5 Å². The zero-order chi connectivity index (χ0) is 21.1. The second-order valence-corrected chi connectivity index (χ2v) is 7.94. The van der Waals surface area contributed by atoms with Crippen LogP contribution in [0.15, 0.2) is 50.9 Å². The van der Waals surface area contributed by atoms with Gasteiger partial charge in [-0.05, 0) is 52.3 Å². The van der Waals surface area contributed by atoms with Gasteiger partial charge in [0.25, 0.3) is 11.8 Å². The Bertz CT molecular complexity index is 1110. The molecule has 2 aromatic rings. The van der Waals surface area contributed by atoms with Crippen molar-refractivity contribution in [3.63, 3.8) is 0 Å². The molecule has 0 spiro atoms. The first-order valence-electron chi connectivity index (χ1n) is 8.04. The van der Waals surface area contributed by atoms with Gasteiger partial charge in [-0.25, -0.2) is 9.69 Å². The summed E-state index contributed by atoms with van der Waals surface area (Å²) in [6, 6.07) is 8.71. The number of hydrogen-bond donors (Lipinski definition) is 1. The maximum Gasteiger partial charge on any atom is 0.335 e. The lowest BCUT2D eigenvalue weighted by Crippen LogP contribution is -2.54. The molecule has 0 aliphatic carbocycles. The fourth-order valence-corrected chi connectivity index (χ4v) is 4.17. The molecule has 1 N–H and O–H groups in total. The van der Waals surface area contributed by atoms with Crippen LogP contribution < -0.4 is 15.0 Å². The van der Waals surface area contributed by atoms with Crippen molar-refractivity contribution >= 4 is 73.1 Å². The van der Waals surface area contributed by atoms with Crippen molar-refractivity contribution in [3.05, 3.63) is 61.5 Å². The molecule has 0 radical (unpaired) electrons. The molecular weight excluding hydrogens is 527 g/mol. The fourth-order valence-electron chi connectivity index (χ4n) is 2.62. The number of benzene rings is 2. The first-order valence-corrected chi connectivity index (χ1v) is 10.0. The van der Waals surface area contributed by atoms with Crippen LogP contribution in [0.25, 0.3) is 6.08 Å². The monoisotopic (exact) mass is 536 g/mol. The van der Waals surface area contributed by atoms with E-state index in [4.69, 9.17) is 22.8 Å². The number of terminal acetylenes is 1. The van der Waals surface area contributed by atoms with Crippen LogP contribution in [-0.4, -0.2) is 24.5 Å². The van der Waals surface area contributed by atoms with Crippen LogP contribution in [0.3, 0.4) is 0 Å². The molecule has 0 aromatic heterocycles. The minimum atomic E-state index is -0.862. The Morgan fingerprint density at radius 2 is 1.97 bits per heavy atom. The Morgan fingerprint density at radius 1 is 1.21 bits per heavy atom. The predicted molar refractivity (Wildman–Crippen MR) is 117 cm³/mol. The lowest BCUT2D eigenvalue weighted by atomic mass is 10.1. The molecule has 0 atom stereocenters. The summed E-state index contributed by atoms with van der Waals surface area (Å²) in [6.07, 6.45) is 6.59. The van der Waals surface area contributed by atoms with Crippen molar-refractivity contribution in [1.82, 2.24) is 5.32 Å². The highest BCUT2D eigenvalue weighted by Gasteiger charge is 2.37. The number of anilines is 1. The number of nitrogens with zero attached hydrogens (tertiary/aromatic N) is 1. The van der Waals surface area contributed by atoms with Crippen LogP contribution in [-0.2, 0) is 9.59 Å². The lowest BCUT2D eigenvalue weighted by Gasteiger charge is -2.26. The van der Waals surface area contributed by atoms with Crippen molar-refractivity contribution in [3.8, 4) is 18.1 Å². The van der Waals surface area contributed by atoms with Crippen LogP contribution >= 0.6 is 43.5 Å². The third-order valence-electron chi connectivity index (χ3n) is 3.80. The van der Waals surface area contributed by atoms with Crippen molar-refractivity contribution in [1.29, 1.82) is 0 Å². The molecule has 29 heavy (non-hydrogen) atoms. The molecule has 6 nitrogen and oxygen atoms in total. The van der Waals surface area contributed by atoms with E-state index in [0.29, 0.717) is 25.3 Å². The second kappa shape index (κ2) is 8.82.